The van der Waals surface area contributed by atoms with Crippen molar-refractivity contribution in [2.24, 2.45) is 0 Å². The van der Waals surface area contributed by atoms with Crippen molar-refractivity contribution in [1.82, 2.24) is 19.9 Å². The lowest BCUT2D eigenvalue weighted by Gasteiger charge is -2.20. The van der Waals surface area contributed by atoms with E-state index in [1.165, 1.54) is 30.5 Å². The zero-order valence-electron chi connectivity index (χ0n) is 20.2. The van der Waals surface area contributed by atoms with Crippen LogP contribution in [-0.2, 0) is 11.3 Å². The van der Waals surface area contributed by atoms with E-state index in [-0.39, 0.29) is 34.3 Å². The van der Waals surface area contributed by atoms with Crippen molar-refractivity contribution >= 4 is 52.1 Å². The van der Waals surface area contributed by atoms with Gasteiger partial charge in [0.25, 0.3) is 5.56 Å². The Morgan fingerprint density at radius 2 is 1.77 bits per heavy atom. The topological polar surface area (TPSA) is 105 Å². The zero-order chi connectivity index (χ0) is 25.9. The Hall–Kier alpha value is -2.69. The number of ether oxygens (including phenoxy) is 3. The zero-order valence-corrected chi connectivity index (χ0v) is 22.5. The van der Waals surface area contributed by atoms with Crippen molar-refractivity contribution in [3.8, 4) is 22.6 Å². The molecule has 0 saturated carbocycles. The Bertz CT molecular complexity index is 1300. The van der Waals surface area contributed by atoms with Gasteiger partial charge in [-0.05, 0) is 33.1 Å². The Morgan fingerprint density at radius 3 is 2.31 bits per heavy atom. The molecule has 9 nitrogen and oxygen atoms in total. The molecular formula is C23H26Cl2N4O5S. The van der Waals surface area contributed by atoms with Crippen LogP contribution in [0, 0.1) is 0 Å². The second-order valence-corrected chi connectivity index (χ2v) is 9.89. The molecule has 1 aromatic carbocycles. The van der Waals surface area contributed by atoms with Crippen LogP contribution < -0.4 is 20.3 Å². The summed E-state index contributed by atoms with van der Waals surface area (Å²) in [5, 5.41) is 4.07. The number of halogens is 2. The van der Waals surface area contributed by atoms with Gasteiger partial charge in [-0.3, -0.25) is 9.36 Å². The van der Waals surface area contributed by atoms with Crippen molar-refractivity contribution in [3.05, 3.63) is 38.7 Å². The number of carbonyl (C=O) groups excluding carboxylic acids is 1. The number of methoxy groups -OCH3 is 2. The van der Waals surface area contributed by atoms with Crippen LogP contribution in [0.15, 0.2) is 28.3 Å². The molecule has 2 aromatic heterocycles. The van der Waals surface area contributed by atoms with Crippen LogP contribution >= 0.6 is 35.0 Å². The highest BCUT2D eigenvalue weighted by Gasteiger charge is 2.23. The van der Waals surface area contributed by atoms with Crippen LogP contribution in [0.3, 0.4) is 0 Å². The molecule has 12 heteroatoms. The molecule has 0 fully saturated rings. The van der Waals surface area contributed by atoms with Crippen LogP contribution in [0.25, 0.3) is 22.2 Å². The molecule has 0 atom stereocenters. The van der Waals surface area contributed by atoms with Crippen molar-refractivity contribution in [1.29, 1.82) is 0 Å². The van der Waals surface area contributed by atoms with Crippen LogP contribution in [0.5, 0.6) is 11.5 Å². The molecule has 0 aliphatic heterocycles. The van der Waals surface area contributed by atoms with Crippen molar-refractivity contribution < 1.29 is 19.0 Å². The van der Waals surface area contributed by atoms with Crippen molar-refractivity contribution in [2.45, 2.75) is 38.1 Å². The lowest BCUT2D eigenvalue weighted by molar-refractivity contribution is 0.0526. The van der Waals surface area contributed by atoms with Gasteiger partial charge in [-0.25, -0.2) is 14.8 Å². The smallest absolute Gasteiger partial charge is 0.407 e. The number of carbonyl (C=O) groups is 1. The van der Waals surface area contributed by atoms with Gasteiger partial charge in [0.05, 0.1) is 29.8 Å². The Kier molecular flexibility index (Phi) is 8.40. The third-order valence-corrected chi connectivity index (χ3v) is 6.15. The number of pyridine rings is 1. The normalized spacial score (nSPS) is 11.4. The second kappa shape index (κ2) is 10.9. The number of rotatable bonds is 7. The average molecular weight is 541 g/mol. The first-order valence-corrected chi connectivity index (χ1v) is 12.5. The molecule has 188 valence electrons. The lowest BCUT2D eigenvalue weighted by atomic mass is 10.0. The van der Waals surface area contributed by atoms with E-state index in [2.05, 4.69) is 15.3 Å². The summed E-state index contributed by atoms with van der Waals surface area (Å²) in [5.41, 5.74) is -0.173. The van der Waals surface area contributed by atoms with Gasteiger partial charge in [-0.1, -0.05) is 35.0 Å². The summed E-state index contributed by atoms with van der Waals surface area (Å²) in [5.74, 6) is 0.601. The van der Waals surface area contributed by atoms with E-state index in [0.29, 0.717) is 27.7 Å². The van der Waals surface area contributed by atoms with Gasteiger partial charge in [0.15, 0.2) is 5.16 Å². The fourth-order valence-electron chi connectivity index (χ4n) is 3.33. The SMILES string of the molecule is COc1cc(OC)c(Cl)c(-c2cc3cnc(SC)nc3n(CCNC(=O)OC(C)(C)C)c2=O)c1Cl. The minimum absolute atomic E-state index is 0.115. The van der Waals surface area contributed by atoms with Gasteiger partial charge >= 0.3 is 6.09 Å². The number of aromatic nitrogens is 3. The summed E-state index contributed by atoms with van der Waals surface area (Å²) >= 11 is 14.5. The molecule has 3 aromatic rings. The quantitative estimate of drug-likeness (QED) is 0.328. The summed E-state index contributed by atoms with van der Waals surface area (Å²) in [4.78, 5) is 34.7. The molecule has 0 aliphatic rings. The molecular weight excluding hydrogens is 515 g/mol. The van der Waals surface area contributed by atoms with Gasteiger partial charge in [0, 0.05) is 36.3 Å². The fourth-order valence-corrected chi connectivity index (χ4v) is 4.37. The van der Waals surface area contributed by atoms with Gasteiger partial charge in [0.1, 0.15) is 22.7 Å². The number of thioether (sulfide) groups is 1. The number of nitrogens with one attached hydrogen (secondary N) is 1. The molecule has 0 radical (unpaired) electrons. The predicted octanol–water partition coefficient (Wildman–Crippen LogP) is 5.03. The van der Waals surface area contributed by atoms with E-state index < -0.39 is 17.3 Å². The predicted molar refractivity (Wildman–Crippen MR) is 138 cm³/mol. The monoisotopic (exact) mass is 540 g/mol. The highest BCUT2D eigenvalue weighted by atomic mass is 35.5. The maximum Gasteiger partial charge on any atom is 0.407 e. The molecule has 1 N–H and O–H groups in total. The van der Waals surface area contributed by atoms with Gasteiger partial charge < -0.3 is 19.5 Å². The van der Waals surface area contributed by atoms with Gasteiger partial charge in [0.2, 0.25) is 0 Å². The van der Waals surface area contributed by atoms with Crippen molar-refractivity contribution in [2.75, 3.05) is 27.0 Å². The maximum absolute atomic E-state index is 13.7. The first-order valence-electron chi connectivity index (χ1n) is 10.5. The van der Waals surface area contributed by atoms with Gasteiger partial charge in [-0.15, -0.1) is 0 Å². The minimum Gasteiger partial charge on any atom is -0.495 e. The third-order valence-electron chi connectivity index (χ3n) is 4.83. The Morgan fingerprint density at radius 1 is 1.14 bits per heavy atom. The molecule has 0 spiro atoms. The number of hydrogen-bond donors (Lipinski definition) is 1. The van der Waals surface area contributed by atoms with E-state index >= 15 is 0 Å². The molecule has 0 unspecified atom stereocenters. The van der Waals surface area contributed by atoms with Gasteiger partial charge in [-0.2, -0.15) is 0 Å². The first kappa shape index (κ1) is 26.9. The van der Waals surface area contributed by atoms with E-state index in [4.69, 9.17) is 37.4 Å². The Balaban J connectivity index is 2.17. The number of nitrogens with zero attached hydrogens (tertiary/aromatic N) is 3. The standard InChI is InChI=1S/C23H26Cl2N4O5S/c1-23(2,3)34-22(31)26-7-8-29-19-12(11-27-21(28-19)35-6)9-13(20(29)30)16-17(24)14(32-4)10-15(33-5)18(16)25/h9-11H,7-8H2,1-6H3,(H,26,31). The summed E-state index contributed by atoms with van der Waals surface area (Å²) in [6.07, 6.45) is 2.87. The maximum atomic E-state index is 13.7. The number of benzene rings is 1. The number of fused-ring (bicyclic) bond motifs is 1. The van der Waals surface area contributed by atoms with Crippen LogP contribution in [0.1, 0.15) is 20.8 Å². The third kappa shape index (κ3) is 5.94. The molecule has 1 amide bonds. The number of alkyl carbamates (subject to hydrolysis) is 1. The Labute approximate surface area is 217 Å². The molecule has 3 rings (SSSR count). The fraction of sp³-hybridized carbons (Fsp3) is 0.391. The lowest BCUT2D eigenvalue weighted by Crippen LogP contribution is -2.36. The van der Waals surface area contributed by atoms with Crippen LogP contribution in [0.4, 0.5) is 4.79 Å². The largest absolute Gasteiger partial charge is 0.495 e. The molecule has 0 saturated heterocycles. The molecule has 0 bridgehead atoms. The highest BCUT2D eigenvalue weighted by Crippen LogP contribution is 2.45. The second-order valence-electron chi connectivity index (χ2n) is 8.36. The molecule has 35 heavy (non-hydrogen) atoms. The average Bonchev–Trinajstić information content (AvgIpc) is 2.79. The van der Waals surface area contributed by atoms with Crippen LogP contribution in [-0.4, -0.2) is 53.2 Å². The van der Waals surface area contributed by atoms with Crippen molar-refractivity contribution in [3.63, 3.8) is 0 Å². The summed E-state index contributed by atoms with van der Waals surface area (Å²) in [6, 6.07) is 3.18. The van der Waals surface area contributed by atoms with Crippen LogP contribution in [0.2, 0.25) is 10.0 Å². The highest BCUT2D eigenvalue weighted by molar-refractivity contribution is 7.98. The van der Waals surface area contributed by atoms with E-state index in [9.17, 15) is 9.59 Å². The first-order chi connectivity index (χ1) is 16.5. The molecule has 2 heterocycles. The number of hydrogen-bond acceptors (Lipinski definition) is 8. The number of amides is 1. The van der Waals surface area contributed by atoms with E-state index in [0.717, 1.165) is 0 Å². The summed E-state index contributed by atoms with van der Waals surface area (Å²) in [6.45, 7) is 5.54. The van der Waals surface area contributed by atoms with E-state index in [1.807, 2.05) is 6.26 Å². The summed E-state index contributed by atoms with van der Waals surface area (Å²) in [7, 11) is 2.91. The molecule has 0 aliphatic carbocycles. The summed E-state index contributed by atoms with van der Waals surface area (Å²) < 4.78 is 17.4. The minimum atomic E-state index is -0.646. The van der Waals surface area contributed by atoms with E-state index in [1.54, 1.807) is 39.1 Å².